The lowest BCUT2D eigenvalue weighted by molar-refractivity contribution is 0.0273. The monoisotopic (exact) mass is 419 g/mol. The van der Waals surface area contributed by atoms with E-state index in [0.29, 0.717) is 35.0 Å². The van der Waals surface area contributed by atoms with Crippen molar-refractivity contribution in [1.82, 2.24) is 25.1 Å². The Morgan fingerprint density at radius 1 is 1.23 bits per heavy atom. The van der Waals surface area contributed by atoms with Crippen LogP contribution in [0.3, 0.4) is 0 Å². The van der Waals surface area contributed by atoms with E-state index >= 15 is 0 Å². The molecular formula is C21H21N7O3. The van der Waals surface area contributed by atoms with Gasteiger partial charge in [0, 0.05) is 18.5 Å². The molecule has 1 aliphatic heterocycles. The molecule has 0 radical (unpaired) electrons. The molecule has 4 aromatic rings. The highest BCUT2D eigenvalue weighted by atomic mass is 16.5. The largest absolute Gasteiger partial charge is 0.373 e. The summed E-state index contributed by atoms with van der Waals surface area (Å²) in [6, 6.07) is 5.78. The zero-order valence-corrected chi connectivity index (χ0v) is 16.9. The molecule has 2 atom stereocenters. The maximum absolute atomic E-state index is 13.1. The Kier molecular flexibility index (Phi) is 4.06. The van der Waals surface area contributed by atoms with Crippen molar-refractivity contribution in [2.24, 2.45) is 0 Å². The highest BCUT2D eigenvalue weighted by Crippen LogP contribution is 2.31. The fraction of sp³-hybridized carbons (Fsp3) is 0.333. The molecule has 3 N–H and O–H groups in total. The summed E-state index contributed by atoms with van der Waals surface area (Å²) >= 11 is 0. The second-order valence-electron chi connectivity index (χ2n) is 7.94. The van der Waals surface area contributed by atoms with Crippen molar-refractivity contribution >= 4 is 39.8 Å². The lowest BCUT2D eigenvalue weighted by atomic mass is 10.1. The van der Waals surface area contributed by atoms with E-state index in [1.54, 1.807) is 24.0 Å². The summed E-state index contributed by atoms with van der Waals surface area (Å²) < 4.78 is 13.3. The summed E-state index contributed by atoms with van der Waals surface area (Å²) in [5.41, 5.74) is 3.24. The summed E-state index contributed by atoms with van der Waals surface area (Å²) in [5.74, 6) is 1.05. The molecule has 10 heteroatoms. The van der Waals surface area contributed by atoms with Crippen LogP contribution in [0.4, 0.5) is 17.3 Å². The Balaban J connectivity index is 1.55. The highest BCUT2D eigenvalue weighted by molar-refractivity contribution is 6.00. The first-order chi connectivity index (χ1) is 15.2. The number of rotatable bonds is 1. The van der Waals surface area contributed by atoms with Gasteiger partial charge < -0.3 is 25.2 Å². The van der Waals surface area contributed by atoms with E-state index in [1.165, 1.54) is 0 Å². The smallest absolute Gasteiger partial charge is 0.257 e. The number of benzene rings is 1. The number of carbonyl (C=O) groups is 1. The predicted octanol–water partition coefficient (Wildman–Crippen LogP) is 2.84. The minimum absolute atomic E-state index is 0.0419. The number of fused-ring (bicyclic) bond motifs is 6. The highest BCUT2D eigenvalue weighted by Gasteiger charge is 2.31. The van der Waals surface area contributed by atoms with Crippen molar-refractivity contribution in [3.05, 3.63) is 41.7 Å². The van der Waals surface area contributed by atoms with Crippen LogP contribution in [0.1, 0.15) is 35.2 Å². The number of anilines is 3. The van der Waals surface area contributed by atoms with Crippen molar-refractivity contribution in [3.8, 4) is 0 Å². The molecule has 2 aliphatic rings. The molecule has 31 heavy (non-hydrogen) atoms. The van der Waals surface area contributed by atoms with Crippen molar-refractivity contribution in [2.75, 3.05) is 17.7 Å². The quantitative estimate of drug-likeness (QED) is 0.431. The van der Waals surface area contributed by atoms with Gasteiger partial charge in [0.2, 0.25) is 0 Å². The van der Waals surface area contributed by atoms with Gasteiger partial charge in [0.05, 0.1) is 36.8 Å². The van der Waals surface area contributed by atoms with Crippen LogP contribution in [0.15, 0.2) is 35.1 Å². The molecule has 10 nitrogen and oxygen atoms in total. The molecule has 0 saturated heterocycles. The number of carbonyl (C=O) groups excluding carboxylic acids is 1. The molecule has 0 spiro atoms. The Morgan fingerprint density at radius 2 is 2.16 bits per heavy atom. The molecule has 1 aromatic carbocycles. The lowest BCUT2D eigenvalue weighted by Gasteiger charge is -2.22. The maximum atomic E-state index is 13.1. The Bertz CT molecular complexity index is 1310. The summed E-state index contributed by atoms with van der Waals surface area (Å²) in [6.45, 7) is 0.431. The van der Waals surface area contributed by atoms with Gasteiger partial charge in [0.15, 0.2) is 11.2 Å². The van der Waals surface area contributed by atoms with Crippen molar-refractivity contribution in [3.63, 3.8) is 0 Å². The first kappa shape index (κ1) is 18.1. The zero-order valence-electron chi connectivity index (χ0n) is 16.9. The van der Waals surface area contributed by atoms with Crippen LogP contribution < -0.4 is 16.0 Å². The van der Waals surface area contributed by atoms with E-state index in [4.69, 9.17) is 9.26 Å². The number of ether oxygens (including phenoxy) is 1. The average Bonchev–Trinajstić information content (AvgIpc) is 3.50. The van der Waals surface area contributed by atoms with Crippen LogP contribution in [-0.4, -0.2) is 44.9 Å². The molecule has 3 aromatic heterocycles. The molecule has 1 saturated carbocycles. The third-order valence-corrected chi connectivity index (χ3v) is 5.98. The Hall–Kier alpha value is -3.66. The van der Waals surface area contributed by atoms with Crippen LogP contribution in [0, 0.1) is 0 Å². The van der Waals surface area contributed by atoms with Gasteiger partial charge in [-0.15, -0.1) is 0 Å². The molecule has 0 unspecified atom stereocenters. The number of nitrogens with one attached hydrogen (secondary N) is 3. The topological polar surface area (TPSA) is 119 Å². The summed E-state index contributed by atoms with van der Waals surface area (Å²) in [5, 5.41) is 18.8. The molecule has 158 valence electrons. The fourth-order valence-corrected chi connectivity index (χ4v) is 4.47. The van der Waals surface area contributed by atoms with Crippen molar-refractivity contribution in [1.29, 1.82) is 0 Å². The average molecular weight is 419 g/mol. The van der Waals surface area contributed by atoms with E-state index in [0.717, 1.165) is 35.9 Å². The van der Waals surface area contributed by atoms with Gasteiger partial charge in [-0.1, -0.05) is 5.16 Å². The minimum atomic E-state index is -0.199. The van der Waals surface area contributed by atoms with Gasteiger partial charge in [0.1, 0.15) is 17.2 Å². The Labute approximate surface area is 176 Å². The molecular weight excluding hydrogens is 398 g/mol. The van der Waals surface area contributed by atoms with Crippen LogP contribution >= 0.6 is 0 Å². The van der Waals surface area contributed by atoms with E-state index in [9.17, 15) is 4.79 Å². The summed E-state index contributed by atoms with van der Waals surface area (Å²) in [6.07, 6.45) is 6.00. The van der Waals surface area contributed by atoms with Gasteiger partial charge in [-0.25, -0.2) is 4.98 Å². The predicted molar refractivity (Wildman–Crippen MR) is 114 cm³/mol. The second-order valence-corrected chi connectivity index (χ2v) is 7.94. The maximum Gasteiger partial charge on any atom is 0.257 e. The van der Waals surface area contributed by atoms with Crippen molar-refractivity contribution in [2.45, 2.75) is 38.0 Å². The van der Waals surface area contributed by atoms with Gasteiger partial charge in [-0.05, 0) is 37.0 Å². The zero-order chi connectivity index (χ0) is 20.9. The molecule has 4 heterocycles. The van der Waals surface area contributed by atoms with E-state index in [2.05, 4.69) is 31.2 Å². The number of hydrogen-bond acceptors (Lipinski definition) is 8. The number of hydrogen-bond donors (Lipinski definition) is 3. The fourth-order valence-electron chi connectivity index (χ4n) is 4.47. The first-order valence-electron chi connectivity index (χ1n) is 10.3. The number of aromatic nitrogens is 4. The van der Waals surface area contributed by atoms with Gasteiger partial charge in [0.25, 0.3) is 5.91 Å². The lowest BCUT2D eigenvalue weighted by Crippen LogP contribution is -2.41. The third-order valence-electron chi connectivity index (χ3n) is 5.98. The van der Waals surface area contributed by atoms with Crippen molar-refractivity contribution < 1.29 is 14.1 Å². The first-order valence-corrected chi connectivity index (χ1v) is 10.3. The molecule has 1 amide bonds. The van der Waals surface area contributed by atoms with Gasteiger partial charge >= 0.3 is 0 Å². The van der Waals surface area contributed by atoms with E-state index < -0.39 is 0 Å². The van der Waals surface area contributed by atoms with Gasteiger partial charge in [-0.3, -0.25) is 4.79 Å². The normalized spacial score (nSPS) is 21.0. The molecule has 1 fully saturated rings. The van der Waals surface area contributed by atoms with Crippen LogP contribution in [0.25, 0.3) is 16.6 Å². The molecule has 1 aliphatic carbocycles. The molecule has 4 bridgehead atoms. The summed E-state index contributed by atoms with van der Waals surface area (Å²) in [4.78, 5) is 17.8. The van der Waals surface area contributed by atoms with E-state index in [-0.39, 0.29) is 18.1 Å². The standard InChI is InChI=1S/C21H21N7O3/c1-22-18-7-17-25-15-6-11(5-12-8-24-31-19(12)15)10-30-16-4-2-3-14(16)26-21(29)13-9-23-28(18)20(13)27-17/h5-9,14,16,22H,2-4,10H2,1H3,(H,25,27)(H,26,29)/t14-,16-/m1/s1. The SMILES string of the molecule is CNc1cc2nc3c(cnn13)C(=O)N[C@@H]1CCC[C@H]1OCc1cc(c3oncc3c1)N2. The number of amides is 1. The van der Waals surface area contributed by atoms with Gasteiger partial charge in [-0.2, -0.15) is 9.61 Å². The van der Waals surface area contributed by atoms with Crippen LogP contribution in [0.5, 0.6) is 0 Å². The summed E-state index contributed by atoms with van der Waals surface area (Å²) in [7, 11) is 1.80. The Morgan fingerprint density at radius 3 is 3.06 bits per heavy atom. The number of nitrogens with zero attached hydrogens (tertiary/aromatic N) is 4. The van der Waals surface area contributed by atoms with Crippen LogP contribution in [0.2, 0.25) is 0 Å². The van der Waals surface area contributed by atoms with Crippen LogP contribution in [-0.2, 0) is 11.3 Å². The minimum Gasteiger partial charge on any atom is -0.373 e. The third kappa shape index (κ3) is 2.98. The van der Waals surface area contributed by atoms with E-state index in [1.807, 2.05) is 18.2 Å². The second kappa shape index (κ2) is 6.95. The molecule has 6 rings (SSSR count).